The molecule has 2 heterocycles. The lowest BCUT2D eigenvalue weighted by atomic mass is 10.1. The molecule has 1 N–H and O–H groups in total. The minimum Gasteiger partial charge on any atom is -0.487 e. The molecule has 0 radical (unpaired) electrons. The average Bonchev–Trinajstić information content (AvgIpc) is 3.47. The van der Waals surface area contributed by atoms with Crippen LogP contribution in [0, 0.1) is 11.6 Å². The van der Waals surface area contributed by atoms with Crippen LogP contribution < -0.4 is 10.1 Å². The number of nitrogens with one attached hydrogen (secondary N) is 1. The van der Waals surface area contributed by atoms with E-state index >= 15 is 4.39 Å². The zero-order chi connectivity index (χ0) is 30.6. The Kier molecular flexibility index (Phi) is 9.50. The van der Waals surface area contributed by atoms with E-state index in [0.717, 1.165) is 0 Å². The third-order valence-electron chi connectivity index (χ3n) is 6.55. The first-order chi connectivity index (χ1) is 20.6. The van der Waals surface area contributed by atoms with Crippen LogP contribution in [0.1, 0.15) is 30.5 Å². The summed E-state index contributed by atoms with van der Waals surface area (Å²) in [5.41, 5.74) is 2.34. The van der Waals surface area contributed by atoms with Gasteiger partial charge in [-0.2, -0.15) is 0 Å². The van der Waals surface area contributed by atoms with Crippen molar-refractivity contribution in [2.45, 2.75) is 26.6 Å². The summed E-state index contributed by atoms with van der Waals surface area (Å²) in [5.74, 6) is -0.00386. The molecule has 0 fully saturated rings. The van der Waals surface area contributed by atoms with Gasteiger partial charge in [0.2, 0.25) is 0 Å². The molecule has 13 heteroatoms. The zero-order valence-corrected chi connectivity index (χ0v) is 25.6. The van der Waals surface area contributed by atoms with Crippen LogP contribution in [0.2, 0.25) is 5.02 Å². The molecule has 0 saturated carbocycles. The largest absolute Gasteiger partial charge is 0.487 e. The van der Waals surface area contributed by atoms with Crippen molar-refractivity contribution in [3.05, 3.63) is 93.5 Å². The van der Waals surface area contributed by atoms with Crippen molar-refractivity contribution in [1.29, 1.82) is 0 Å². The topological polar surface area (TPSA) is 103 Å². The fraction of sp³-hybridized carbons (Fsp3) is 0.233. The molecule has 5 rings (SSSR count). The van der Waals surface area contributed by atoms with Gasteiger partial charge in [0, 0.05) is 33.8 Å². The molecule has 5 aromatic rings. The maximum atomic E-state index is 15.2. The van der Waals surface area contributed by atoms with Crippen molar-refractivity contribution in [3.63, 3.8) is 0 Å². The molecule has 224 valence electrons. The molecule has 8 nitrogen and oxygen atoms in total. The van der Waals surface area contributed by atoms with Gasteiger partial charge in [0.1, 0.15) is 47.2 Å². The van der Waals surface area contributed by atoms with Gasteiger partial charge in [-0.25, -0.2) is 32.2 Å². The number of rotatable bonds is 12. The maximum absolute atomic E-state index is 15.2. The second-order valence-electron chi connectivity index (χ2n) is 9.58. The van der Waals surface area contributed by atoms with Crippen molar-refractivity contribution >= 4 is 55.2 Å². The second kappa shape index (κ2) is 13.3. The van der Waals surface area contributed by atoms with Crippen molar-refractivity contribution in [2.24, 2.45) is 0 Å². The highest BCUT2D eigenvalue weighted by atomic mass is 35.5. The van der Waals surface area contributed by atoms with Crippen molar-refractivity contribution in [2.75, 3.05) is 23.4 Å². The summed E-state index contributed by atoms with van der Waals surface area (Å²) >= 11 is 7.76. The lowest BCUT2D eigenvalue weighted by Crippen LogP contribution is -2.15. The van der Waals surface area contributed by atoms with E-state index in [2.05, 4.69) is 20.3 Å². The van der Waals surface area contributed by atoms with Gasteiger partial charge >= 0.3 is 0 Å². The van der Waals surface area contributed by atoms with Crippen LogP contribution in [0.4, 0.5) is 20.3 Å². The van der Waals surface area contributed by atoms with Crippen LogP contribution in [-0.4, -0.2) is 41.5 Å². The summed E-state index contributed by atoms with van der Waals surface area (Å²) < 4.78 is 63.6. The van der Waals surface area contributed by atoms with Gasteiger partial charge in [0.25, 0.3) is 0 Å². The second-order valence-corrected chi connectivity index (χ2v) is 13.4. The number of aromatic nitrogens is 3. The number of fused-ring (bicyclic) bond motifs is 1. The molecule has 43 heavy (non-hydrogen) atoms. The van der Waals surface area contributed by atoms with Crippen LogP contribution in [-0.2, 0) is 21.2 Å². The Morgan fingerprint density at radius 3 is 2.70 bits per heavy atom. The summed E-state index contributed by atoms with van der Waals surface area (Å²) in [5, 5.41) is 6.43. The molecule has 3 aromatic carbocycles. The summed E-state index contributed by atoms with van der Waals surface area (Å²) in [6, 6.07) is 14.2. The first-order valence-electron chi connectivity index (χ1n) is 13.3. The summed E-state index contributed by atoms with van der Waals surface area (Å²) in [4.78, 5) is 13.1. The fourth-order valence-corrected chi connectivity index (χ4v) is 5.86. The Bertz CT molecular complexity index is 1870. The summed E-state index contributed by atoms with van der Waals surface area (Å²) in [6.45, 7) is 3.57. The molecule has 2 aromatic heterocycles. The third-order valence-corrected chi connectivity index (χ3v) is 9.52. The maximum Gasteiger partial charge on any atom is 0.152 e. The molecule has 0 bridgehead atoms. The first-order valence-corrected chi connectivity index (χ1v) is 16.4. The van der Waals surface area contributed by atoms with Gasteiger partial charge in [0.05, 0.1) is 28.6 Å². The number of hydrogen-bond donors (Lipinski definition) is 1. The number of anilines is 2. The van der Waals surface area contributed by atoms with Crippen molar-refractivity contribution < 1.29 is 26.7 Å². The quantitative estimate of drug-likeness (QED) is 0.149. The predicted octanol–water partition coefficient (Wildman–Crippen LogP) is 7.52. The molecule has 1 atom stereocenters. The van der Waals surface area contributed by atoms with E-state index in [1.165, 1.54) is 35.9 Å². The smallest absolute Gasteiger partial charge is 0.152 e. The normalized spacial score (nSPS) is 12.4. The van der Waals surface area contributed by atoms with Gasteiger partial charge < -0.3 is 14.8 Å². The summed E-state index contributed by atoms with van der Waals surface area (Å²) in [7, 11) is -3.14. The molecule has 0 spiro atoms. The van der Waals surface area contributed by atoms with E-state index in [1.54, 1.807) is 55.6 Å². The van der Waals surface area contributed by atoms with Gasteiger partial charge in [-0.15, -0.1) is 11.3 Å². The SMILES string of the molecule is CCS(=O)(=O)CCOC(C)c1nc(-c2cc3c(Nc4ccc(OCc5cccc(F)c5)c(Cl)c4)ncnc3cc2F)cs1. The van der Waals surface area contributed by atoms with E-state index in [-0.39, 0.29) is 36.1 Å². The first kappa shape index (κ1) is 30.7. The van der Waals surface area contributed by atoms with E-state index in [0.29, 0.717) is 49.4 Å². The lowest BCUT2D eigenvalue weighted by Gasteiger charge is -2.13. The lowest BCUT2D eigenvalue weighted by molar-refractivity contribution is 0.0775. The molecular formula is C30H27ClF2N4O4S2. The Hall–Kier alpha value is -3.71. The van der Waals surface area contributed by atoms with Crippen LogP contribution in [0.15, 0.2) is 66.3 Å². The van der Waals surface area contributed by atoms with Gasteiger partial charge in [-0.05, 0) is 48.9 Å². The number of hydrogen-bond acceptors (Lipinski definition) is 9. The number of thiazole rings is 1. The standard InChI is InChI=1S/C30H27ClF2N4O4S2/c1-3-43(38,39)10-9-40-18(2)30-37-27(16-42-30)22-13-23-26(14-25(22)33)34-17-35-29(23)36-21-7-8-28(24(31)12-21)41-15-19-5-4-6-20(32)11-19/h4-8,11-14,16-18H,3,9-10,15H2,1-2H3,(H,34,35,36). The number of sulfone groups is 1. The van der Waals surface area contributed by atoms with E-state index in [1.807, 2.05) is 0 Å². The van der Waals surface area contributed by atoms with Crippen molar-refractivity contribution in [1.82, 2.24) is 15.0 Å². The molecule has 1 unspecified atom stereocenters. The average molecular weight is 645 g/mol. The molecule has 0 saturated heterocycles. The molecule has 0 aliphatic heterocycles. The molecule has 0 aliphatic carbocycles. The minimum atomic E-state index is -3.14. The predicted molar refractivity (Wildman–Crippen MR) is 165 cm³/mol. The molecule has 0 amide bonds. The number of benzene rings is 3. The monoisotopic (exact) mass is 644 g/mol. The van der Waals surface area contributed by atoms with Crippen LogP contribution in [0.25, 0.3) is 22.2 Å². The van der Waals surface area contributed by atoms with E-state index in [4.69, 9.17) is 21.1 Å². The number of halogens is 3. The Labute approximate surface area is 256 Å². The Morgan fingerprint density at radius 2 is 1.93 bits per heavy atom. The highest BCUT2D eigenvalue weighted by Gasteiger charge is 2.18. The highest BCUT2D eigenvalue weighted by Crippen LogP contribution is 2.34. The van der Waals surface area contributed by atoms with Crippen LogP contribution in [0.3, 0.4) is 0 Å². The Morgan fingerprint density at radius 1 is 1.09 bits per heavy atom. The Balaban J connectivity index is 1.33. The third kappa shape index (κ3) is 7.63. The zero-order valence-electron chi connectivity index (χ0n) is 23.2. The van der Waals surface area contributed by atoms with E-state index < -0.39 is 21.8 Å². The molecule has 0 aliphatic rings. The van der Waals surface area contributed by atoms with Gasteiger partial charge in [0.15, 0.2) is 9.84 Å². The summed E-state index contributed by atoms with van der Waals surface area (Å²) in [6.07, 6.45) is 0.876. The van der Waals surface area contributed by atoms with Gasteiger partial charge in [-0.3, -0.25) is 0 Å². The van der Waals surface area contributed by atoms with E-state index in [9.17, 15) is 12.8 Å². The van der Waals surface area contributed by atoms with Gasteiger partial charge in [-0.1, -0.05) is 30.7 Å². The van der Waals surface area contributed by atoms with Crippen molar-refractivity contribution in [3.8, 4) is 17.0 Å². The van der Waals surface area contributed by atoms with Crippen LogP contribution >= 0.6 is 22.9 Å². The van der Waals surface area contributed by atoms with Crippen LogP contribution in [0.5, 0.6) is 5.75 Å². The minimum absolute atomic E-state index is 0.0487. The fourth-order valence-electron chi connectivity index (χ4n) is 4.16. The molecular weight excluding hydrogens is 618 g/mol. The number of nitrogens with zero attached hydrogens (tertiary/aromatic N) is 3. The highest BCUT2D eigenvalue weighted by molar-refractivity contribution is 7.91. The number of ether oxygens (including phenoxy) is 2.